The molecule has 0 aliphatic heterocycles. The standard InChI is InChI=1S/C13H30N2/c1-7-11(8-2)12(14)13(9-3,10-4)15(5)6/h11-12H,7-10,14H2,1-6H3. The Bertz CT molecular complexity index is 158. The summed E-state index contributed by atoms with van der Waals surface area (Å²) in [7, 11) is 4.32. The van der Waals surface area contributed by atoms with Crippen LogP contribution in [0.3, 0.4) is 0 Å². The molecular weight excluding hydrogens is 184 g/mol. The number of hydrogen-bond donors (Lipinski definition) is 1. The summed E-state index contributed by atoms with van der Waals surface area (Å²) in [6.07, 6.45) is 4.64. The molecule has 2 nitrogen and oxygen atoms in total. The van der Waals surface area contributed by atoms with Crippen LogP contribution in [0, 0.1) is 5.92 Å². The van der Waals surface area contributed by atoms with Gasteiger partial charge in [-0.25, -0.2) is 0 Å². The quantitative estimate of drug-likeness (QED) is 0.706. The van der Waals surface area contributed by atoms with Crippen molar-refractivity contribution in [2.75, 3.05) is 14.1 Å². The Kier molecular flexibility index (Phi) is 6.46. The number of nitrogens with two attached hydrogens (primary N) is 1. The fraction of sp³-hybridized carbons (Fsp3) is 1.00. The second-order valence-corrected chi connectivity index (χ2v) is 4.81. The van der Waals surface area contributed by atoms with Crippen LogP contribution in [0.15, 0.2) is 0 Å². The molecule has 92 valence electrons. The van der Waals surface area contributed by atoms with E-state index in [1.165, 1.54) is 12.8 Å². The largest absolute Gasteiger partial charge is 0.326 e. The molecule has 0 spiro atoms. The molecule has 0 rings (SSSR count). The first kappa shape index (κ1) is 14.9. The van der Waals surface area contributed by atoms with Gasteiger partial charge in [0.05, 0.1) is 0 Å². The Balaban J connectivity index is 4.89. The van der Waals surface area contributed by atoms with Crippen LogP contribution < -0.4 is 5.73 Å². The van der Waals surface area contributed by atoms with E-state index in [9.17, 15) is 0 Å². The minimum absolute atomic E-state index is 0.177. The number of nitrogens with zero attached hydrogens (tertiary/aromatic N) is 1. The topological polar surface area (TPSA) is 29.3 Å². The van der Waals surface area contributed by atoms with Crippen molar-refractivity contribution in [3.8, 4) is 0 Å². The van der Waals surface area contributed by atoms with Crippen molar-refractivity contribution in [1.82, 2.24) is 4.90 Å². The van der Waals surface area contributed by atoms with Crippen LogP contribution in [-0.4, -0.2) is 30.6 Å². The SMILES string of the molecule is CCC(CC)C(N)C(CC)(CC)N(C)C. The Hall–Kier alpha value is -0.0800. The van der Waals surface area contributed by atoms with Crippen molar-refractivity contribution >= 4 is 0 Å². The fourth-order valence-electron chi connectivity index (χ4n) is 2.89. The van der Waals surface area contributed by atoms with Crippen LogP contribution in [-0.2, 0) is 0 Å². The van der Waals surface area contributed by atoms with Crippen LogP contribution in [0.25, 0.3) is 0 Å². The maximum atomic E-state index is 6.50. The zero-order valence-corrected chi connectivity index (χ0v) is 11.5. The molecule has 1 atom stereocenters. The molecule has 0 aromatic rings. The number of likely N-dealkylation sites (N-methyl/N-ethyl adjacent to an activating group) is 1. The number of rotatable bonds is 7. The first-order valence-corrected chi connectivity index (χ1v) is 6.43. The van der Waals surface area contributed by atoms with Gasteiger partial charge in [-0.15, -0.1) is 0 Å². The van der Waals surface area contributed by atoms with Gasteiger partial charge in [0, 0.05) is 11.6 Å². The average molecular weight is 214 g/mol. The second kappa shape index (κ2) is 6.49. The maximum absolute atomic E-state index is 6.50. The van der Waals surface area contributed by atoms with Gasteiger partial charge in [0.25, 0.3) is 0 Å². The average Bonchev–Trinajstić information content (AvgIpc) is 2.22. The lowest BCUT2D eigenvalue weighted by Crippen LogP contribution is -2.59. The summed E-state index contributed by atoms with van der Waals surface area (Å²) in [6.45, 7) is 9.01. The molecule has 0 aromatic heterocycles. The highest BCUT2D eigenvalue weighted by molar-refractivity contribution is 4.97. The van der Waals surface area contributed by atoms with Crippen LogP contribution in [0.2, 0.25) is 0 Å². The number of hydrogen-bond acceptors (Lipinski definition) is 2. The van der Waals surface area contributed by atoms with Gasteiger partial charge in [0.1, 0.15) is 0 Å². The molecule has 2 N–H and O–H groups in total. The highest BCUT2D eigenvalue weighted by Gasteiger charge is 2.38. The third kappa shape index (κ3) is 2.94. The molecule has 1 unspecified atom stereocenters. The Morgan fingerprint density at radius 2 is 1.40 bits per heavy atom. The van der Waals surface area contributed by atoms with Crippen molar-refractivity contribution in [1.29, 1.82) is 0 Å². The summed E-state index contributed by atoms with van der Waals surface area (Å²) in [5.74, 6) is 0.646. The van der Waals surface area contributed by atoms with E-state index in [4.69, 9.17) is 5.73 Å². The molecule has 0 bridgehead atoms. The van der Waals surface area contributed by atoms with E-state index in [-0.39, 0.29) is 11.6 Å². The first-order valence-electron chi connectivity index (χ1n) is 6.43. The van der Waals surface area contributed by atoms with Crippen molar-refractivity contribution in [2.24, 2.45) is 11.7 Å². The van der Waals surface area contributed by atoms with Crippen LogP contribution >= 0.6 is 0 Å². The van der Waals surface area contributed by atoms with Gasteiger partial charge >= 0.3 is 0 Å². The Labute approximate surface area is 96.2 Å². The van der Waals surface area contributed by atoms with E-state index in [1.54, 1.807) is 0 Å². The van der Waals surface area contributed by atoms with Gasteiger partial charge in [-0.1, -0.05) is 40.5 Å². The minimum atomic E-state index is 0.177. The third-order valence-corrected chi connectivity index (χ3v) is 4.29. The normalized spacial score (nSPS) is 15.0. The van der Waals surface area contributed by atoms with Gasteiger partial charge in [-0.3, -0.25) is 0 Å². The second-order valence-electron chi connectivity index (χ2n) is 4.81. The lowest BCUT2D eigenvalue weighted by molar-refractivity contribution is 0.0761. The molecule has 0 saturated carbocycles. The van der Waals surface area contributed by atoms with E-state index in [0.717, 1.165) is 12.8 Å². The summed E-state index contributed by atoms with van der Waals surface area (Å²) in [6, 6.07) is 0.289. The van der Waals surface area contributed by atoms with E-state index in [0.29, 0.717) is 5.92 Å². The van der Waals surface area contributed by atoms with Gasteiger partial charge in [0.15, 0.2) is 0 Å². The van der Waals surface area contributed by atoms with Crippen LogP contribution in [0.4, 0.5) is 0 Å². The van der Waals surface area contributed by atoms with Crippen molar-refractivity contribution in [3.05, 3.63) is 0 Å². The molecule has 0 aromatic carbocycles. The summed E-state index contributed by atoms with van der Waals surface area (Å²) >= 11 is 0. The molecule has 0 saturated heterocycles. The van der Waals surface area contributed by atoms with Crippen LogP contribution in [0.5, 0.6) is 0 Å². The summed E-state index contributed by atoms with van der Waals surface area (Å²) < 4.78 is 0. The molecule has 0 fully saturated rings. The van der Waals surface area contributed by atoms with Gasteiger partial charge in [-0.2, -0.15) is 0 Å². The molecule has 0 amide bonds. The summed E-state index contributed by atoms with van der Waals surface area (Å²) in [5.41, 5.74) is 6.68. The maximum Gasteiger partial charge on any atom is 0.0351 e. The molecule has 2 heteroatoms. The van der Waals surface area contributed by atoms with Crippen molar-refractivity contribution in [2.45, 2.75) is 65.0 Å². The first-order chi connectivity index (χ1) is 6.99. The molecule has 0 heterocycles. The molecular formula is C13H30N2. The summed E-state index contributed by atoms with van der Waals surface area (Å²) in [5, 5.41) is 0. The molecule has 0 aliphatic rings. The molecule has 0 aliphatic carbocycles. The monoisotopic (exact) mass is 214 g/mol. The highest BCUT2D eigenvalue weighted by atomic mass is 15.2. The molecule has 15 heavy (non-hydrogen) atoms. The Morgan fingerprint density at radius 3 is 1.60 bits per heavy atom. The van der Waals surface area contributed by atoms with E-state index in [2.05, 4.69) is 46.7 Å². The smallest absolute Gasteiger partial charge is 0.0351 e. The van der Waals surface area contributed by atoms with Gasteiger partial charge in [0.2, 0.25) is 0 Å². The van der Waals surface area contributed by atoms with Gasteiger partial charge < -0.3 is 10.6 Å². The highest BCUT2D eigenvalue weighted by Crippen LogP contribution is 2.31. The lowest BCUT2D eigenvalue weighted by atomic mass is 9.75. The fourth-order valence-corrected chi connectivity index (χ4v) is 2.89. The zero-order valence-electron chi connectivity index (χ0n) is 11.5. The van der Waals surface area contributed by atoms with E-state index >= 15 is 0 Å². The van der Waals surface area contributed by atoms with Gasteiger partial charge in [-0.05, 0) is 32.9 Å². The van der Waals surface area contributed by atoms with Crippen molar-refractivity contribution in [3.63, 3.8) is 0 Å². The predicted molar refractivity (Wildman–Crippen MR) is 69.0 cm³/mol. The van der Waals surface area contributed by atoms with Crippen LogP contribution in [0.1, 0.15) is 53.4 Å². The predicted octanol–water partition coefficient (Wildman–Crippen LogP) is 2.87. The zero-order chi connectivity index (χ0) is 12.1. The molecule has 0 radical (unpaired) electrons. The third-order valence-electron chi connectivity index (χ3n) is 4.29. The summed E-state index contributed by atoms with van der Waals surface area (Å²) in [4.78, 5) is 2.33. The van der Waals surface area contributed by atoms with E-state index < -0.39 is 0 Å². The minimum Gasteiger partial charge on any atom is -0.326 e. The Morgan fingerprint density at radius 1 is 1.00 bits per heavy atom. The van der Waals surface area contributed by atoms with E-state index in [1.807, 2.05) is 0 Å². The lowest BCUT2D eigenvalue weighted by Gasteiger charge is -2.46. The van der Waals surface area contributed by atoms with Crippen molar-refractivity contribution < 1.29 is 0 Å².